The SMILES string of the molecule is CCCCC[C@@](C)(OCC)C(=O)Nc1cnc(OCCCC)c(C)c1. The van der Waals surface area contributed by atoms with E-state index in [0.29, 0.717) is 31.2 Å². The molecule has 0 aliphatic carbocycles. The summed E-state index contributed by atoms with van der Waals surface area (Å²) in [5, 5.41) is 2.95. The minimum absolute atomic E-state index is 0.119. The van der Waals surface area contributed by atoms with E-state index in [-0.39, 0.29) is 5.91 Å². The van der Waals surface area contributed by atoms with Crippen molar-refractivity contribution in [2.45, 2.75) is 78.7 Å². The van der Waals surface area contributed by atoms with Gasteiger partial charge in [0, 0.05) is 12.2 Å². The number of nitrogens with one attached hydrogen (secondary N) is 1. The third-order valence-corrected chi connectivity index (χ3v) is 4.23. The lowest BCUT2D eigenvalue weighted by Gasteiger charge is -2.28. The van der Waals surface area contributed by atoms with Gasteiger partial charge >= 0.3 is 0 Å². The normalized spacial score (nSPS) is 13.3. The third kappa shape index (κ3) is 7.02. The van der Waals surface area contributed by atoms with Crippen LogP contribution in [0.3, 0.4) is 0 Å². The minimum atomic E-state index is -0.811. The summed E-state index contributed by atoms with van der Waals surface area (Å²) in [6.45, 7) is 11.2. The number of carbonyl (C=O) groups is 1. The molecule has 0 unspecified atom stereocenters. The van der Waals surface area contributed by atoms with Gasteiger partial charge in [-0.1, -0.05) is 39.5 Å². The van der Waals surface area contributed by atoms with Gasteiger partial charge < -0.3 is 14.8 Å². The second kappa shape index (κ2) is 11.1. The van der Waals surface area contributed by atoms with Crippen LogP contribution in [0.2, 0.25) is 0 Å². The van der Waals surface area contributed by atoms with E-state index in [0.717, 1.165) is 37.7 Å². The maximum atomic E-state index is 12.7. The Bertz CT molecular complexity index is 534. The van der Waals surface area contributed by atoms with Crippen LogP contribution in [0, 0.1) is 6.92 Å². The van der Waals surface area contributed by atoms with Crippen molar-refractivity contribution in [2.75, 3.05) is 18.5 Å². The van der Waals surface area contributed by atoms with Crippen molar-refractivity contribution in [1.82, 2.24) is 4.98 Å². The summed E-state index contributed by atoms with van der Waals surface area (Å²) in [7, 11) is 0. The molecule has 5 nitrogen and oxygen atoms in total. The van der Waals surface area contributed by atoms with Gasteiger partial charge in [0.25, 0.3) is 5.91 Å². The number of amides is 1. The van der Waals surface area contributed by atoms with Crippen LogP contribution in [0.15, 0.2) is 12.3 Å². The first-order valence-electron chi connectivity index (χ1n) is 9.51. The zero-order valence-corrected chi connectivity index (χ0v) is 16.5. The van der Waals surface area contributed by atoms with Gasteiger partial charge in [-0.05, 0) is 39.7 Å². The fraction of sp³-hybridized carbons (Fsp3) is 0.700. The number of nitrogens with zero attached hydrogens (tertiary/aromatic N) is 1. The Labute approximate surface area is 152 Å². The van der Waals surface area contributed by atoms with Gasteiger partial charge in [-0.25, -0.2) is 4.98 Å². The predicted octanol–water partition coefficient (Wildman–Crippen LogP) is 4.88. The first-order chi connectivity index (χ1) is 12.0. The lowest BCUT2D eigenvalue weighted by molar-refractivity contribution is -0.139. The summed E-state index contributed by atoms with van der Waals surface area (Å²) in [5.41, 5.74) is 0.776. The van der Waals surface area contributed by atoms with Gasteiger partial charge in [-0.3, -0.25) is 4.79 Å². The van der Waals surface area contributed by atoms with Crippen LogP contribution in [-0.2, 0) is 9.53 Å². The van der Waals surface area contributed by atoms with Gasteiger partial charge in [0.05, 0.1) is 18.5 Å². The number of pyridine rings is 1. The zero-order valence-electron chi connectivity index (χ0n) is 16.5. The molecular weight excluding hydrogens is 316 g/mol. The van der Waals surface area contributed by atoms with E-state index >= 15 is 0 Å². The summed E-state index contributed by atoms with van der Waals surface area (Å²) in [6.07, 6.45) is 7.63. The smallest absolute Gasteiger partial charge is 0.256 e. The van der Waals surface area contributed by atoms with E-state index in [1.54, 1.807) is 6.20 Å². The number of ether oxygens (including phenoxy) is 2. The van der Waals surface area contributed by atoms with Crippen LogP contribution in [0.5, 0.6) is 5.88 Å². The number of aryl methyl sites for hydroxylation is 1. The maximum Gasteiger partial charge on any atom is 0.256 e. The van der Waals surface area contributed by atoms with Crippen LogP contribution in [0.1, 0.15) is 71.8 Å². The Kier molecular flexibility index (Phi) is 9.50. The summed E-state index contributed by atoms with van der Waals surface area (Å²) in [4.78, 5) is 17.1. The molecule has 5 heteroatoms. The molecule has 1 rings (SSSR count). The van der Waals surface area contributed by atoms with Crippen LogP contribution in [-0.4, -0.2) is 29.7 Å². The van der Waals surface area contributed by atoms with Crippen LogP contribution in [0.25, 0.3) is 0 Å². The maximum absolute atomic E-state index is 12.7. The molecule has 0 saturated carbocycles. The predicted molar refractivity (Wildman–Crippen MR) is 102 cm³/mol. The number of hydrogen-bond acceptors (Lipinski definition) is 4. The van der Waals surface area contributed by atoms with Crippen molar-refractivity contribution in [2.24, 2.45) is 0 Å². The topological polar surface area (TPSA) is 60.5 Å². The third-order valence-electron chi connectivity index (χ3n) is 4.23. The quantitative estimate of drug-likeness (QED) is 0.546. The molecule has 0 aliphatic rings. The molecule has 1 N–H and O–H groups in total. The van der Waals surface area contributed by atoms with Crippen molar-refractivity contribution in [1.29, 1.82) is 0 Å². The van der Waals surface area contributed by atoms with Gasteiger partial charge in [0.1, 0.15) is 5.60 Å². The van der Waals surface area contributed by atoms with Crippen LogP contribution >= 0.6 is 0 Å². The molecule has 0 aliphatic heterocycles. The Hall–Kier alpha value is -1.62. The average molecular weight is 351 g/mol. The van der Waals surface area contributed by atoms with Crippen molar-refractivity contribution in [3.8, 4) is 5.88 Å². The molecular formula is C20H34N2O3. The molecule has 142 valence electrons. The van der Waals surface area contributed by atoms with E-state index in [1.807, 2.05) is 26.8 Å². The van der Waals surface area contributed by atoms with Crippen molar-refractivity contribution in [3.05, 3.63) is 17.8 Å². The van der Waals surface area contributed by atoms with Crippen molar-refractivity contribution in [3.63, 3.8) is 0 Å². The Morgan fingerprint density at radius 3 is 2.52 bits per heavy atom. The fourth-order valence-corrected chi connectivity index (χ4v) is 2.64. The highest BCUT2D eigenvalue weighted by Crippen LogP contribution is 2.24. The molecule has 0 aromatic carbocycles. The van der Waals surface area contributed by atoms with Crippen LogP contribution < -0.4 is 10.1 Å². The fourth-order valence-electron chi connectivity index (χ4n) is 2.64. The van der Waals surface area contributed by atoms with E-state index < -0.39 is 5.60 Å². The molecule has 0 saturated heterocycles. The largest absolute Gasteiger partial charge is 0.477 e. The highest BCUT2D eigenvalue weighted by atomic mass is 16.5. The minimum Gasteiger partial charge on any atom is -0.477 e. The number of carbonyl (C=O) groups excluding carboxylic acids is 1. The van der Waals surface area contributed by atoms with Gasteiger partial charge in [0.15, 0.2) is 0 Å². The molecule has 1 amide bonds. The van der Waals surface area contributed by atoms with E-state index in [1.165, 1.54) is 0 Å². The molecule has 1 heterocycles. The molecule has 0 fully saturated rings. The Morgan fingerprint density at radius 2 is 1.92 bits per heavy atom. The summed E-state index contributed by atoms with van der Waals surface area (Å²) >= 11 is 0. The average Bonchev–Trinajstić information content (AvgIpc) is 2.57. The summed E-state index contributed by atoms with van der Waals surface area (Å²) in [5.74, 6) is 0.508. The Balaban J connectivity index is 2.74. The summed E-state index contributed by atoms with van der Waals surface area (Å²) in [6, 6.07) is 1.89. The molecule has 0 bridgehead atoms. The number of hydrogen-bond donors (Lipinski definition) is 1. The number of aromatic nitrogens is 1. The van der Waals surface area contributed by atoms with Crippen molar-refractivity contribution >= 4 is 11.6 Å². The molecule has 0 spiro atoms. The first-order valence-corrected chi connectivity index (χ1v) is 9.51. The van der Waals surface area contributed by atoms with E-state index in [2.05, 4.69) is 24.1 Å². The monoisotopic (exact) mass is 350 g/mol. The second-order valence-corrected chi connectivity index (χ2v) is 6.62. The lowest BCUT2D eigenvalue weighted by atomic mass is 9.96. The van der Waals surface area contributed by atoms with E-state index in [9.17, 15) is 4.79 Å². The lowest BCUT2D eigenvalue weighted by Crippen LogP contribution is -2.42. The first kappa shape index (κ1) is 21.4. The molecule has 25 heavy (non-hydrogen) atoms. The van der Waals surface area contributed by atoms with Gasteiger partial charge in [-0.2, -0.15) is 0 Å². The van der Waals surface area contributed by atoms with E-state index in [4.69, 9.17) is 9.47 Å². The molecule has 0 radical (unpaired) electrons. The number of unbranched alkanes of at least 4 members (excludes halogenated alkanes) is 3. The number of anilines is 1. The van der Waals surface area contributed by atoms with Crippen molar-refractivity contribution < 1.29 is 14.3 Å². The molecule has 1 atom stereocenters. The highest BCUT2D eigenvalue weighted by Gasteiger charge is 2.33. The van der Waals surface area contributed by atoms with Gasteiger partial charge in [0.2, 0.25) is 5.88 Å². The number of rotatable bonds is 12. The van der Waals surface area contributed by atoms with Crippen LogP contribution in [0.4, 0.5) is 5.69 Å². The molecule has 1 aromatic heterocycles. The highest BCUT2D eigenvalue weighted by molar-refractivity contribution is 5.97. The Morgan fingerprint density at radius 1 is 1.20 bits per heavy atom. The second-order valence-electron chi connectivity index (χ2n) is 6.62. The zero-order chi connectivity index (χ0) is 18.7. The molecule has 1 aromatic rings. The standard InChI is InChI=1S/C20H34N2O3/c1-6-9-11-12-20(5,25-8-3)19(23)22-17-14-16(4)18(21-15-17)24-13-10-7-2/h14-15H,6-13H2,1-5H3,(H,22,23)/t20-/m1/s1. The summed E-state index contributed by atoms with van der Waals surface area (Å²) < 4.78 is 11.4. The van der Waals surface area contributed by atoms with Gasteiger partial charge in [-0.15, -0.1) is 0 Å².